The molecule has 0 unspecified atom stereocenters. The fraction of sp³-hybridized carbons (Fsp3) is 0.579. The van der Waals surface area contributed by atoms with Crippen molar-refractivity contribution in [1.82, 2.24) is 39.2 Å². The highest BCUT2D eigenvalue weighted by atomic mass is 16.5. The first-order chi connectivity index (χ1) is 13.8. The molecule has 2 fully saturated rings. The Hall–Kier alpha value is -2.36. The molecule has 0 N–H and O–H groups in total. The summed E-state index contributed by atoms with van der Waals surface area (Å²) in [5.41, 5.74) is 2.11. The van der Waals surface area contributed by atoms with E-state index in [2.05, 4.69) is 36.9 Å². The number of fused-ring (bicyclic) bond motifs is 4. The largest absolute Gasteiger partial charge is 0.379 e. The Kier molecular flexibility index (Phi) is 4.79. The van der Waals surface area contributed by atoms with Crippen LogP contribution in [0.3, 0.4) is 0 Å². The third-order valence-corrected chi connectivity index (χ3v) is 5.74. The average molecular weight is 382 g/mol. The molecule has 2 saturated heterocycles. The van der Waals surface area contributed by atoms with E-state index in [0.29, 0.717) is 12.0 Å². The summed E-state index contributed by atoms with van der Waals surface area (Å²) < 4.78 is 9.82. The molecule has 2 aliphatic heterocycles. The molecular weight excluding hydrogens is 356 g/mol. The van der Waals surface area contributed by atoms with Gasteiger partial charge >= 0.3 is 0 Å². The predicted molar refractivity (Wildman–Crippen MR) is 102 cm³/mol. The molecule has 148 valence electrons. The maximum absolute atomic E-state index is 5.99. The van der Waals surface area contributed by atoms with E-state index in [9.17, 15) is 0 Å². The minimum atomic E-state index is 0.351. The van der Waals surface area contributed by atoms with E-state index < -0.39 is 0 Å². The second-order valence-corrected chi connectivity index (χ2v) is 7.73. The van der Waals surface area contributed by atoms with Crippen LogP contribution in [0.4, 0.5) is 0 Å². The minimum absolute atomic E-state index is 0.351. The van der Waals surface area contributed by atoms with Crippen LogP contribution in [0, 0.1) is 5.92 Å². The van der Waals surface area contributed by atoms with E-state index in [1.165, 1.54) is 5.56 Å². The van der Waals surface area contributed by atoms with Crippen molar-refractivity contribution >= 4 is 5.65 Å². The second-order valence-electron chi connectivity index (χ2n) is 7.73. The Morgan fingerprint density at radius 2 is 2.07 bits per heavy atom. The number of hydrogen-bond acceptors (Lipinski definition) is 7. The summed E-state index contributed by atoms with van der Waals surface area (Å²) in [6.45, 7) is 9.26. The summed E-state index contributed by atoms with van der Waals surface area (Å²) in [6.07, 6.45) is 7.38. The number of nitrogens with zero attached hydrogens (tertiary/aromatic N) is 8. The monoisotopic (exact) mass is 382 g/mol. The molecular formula is C19H26N8O. The Balaban J connectivity index is 1.35. The highest BCUT2D eigenvalue weighted by Crippen LogP contribution is 2.23. The summed E-state index contributed by atoms with van der Waals surface area (Å²) in [5.74, 6) is 1.53. The topological polar surface area (TPSA) is 76.6 Å². The van der Waals surface area contributed by atoms with Crippen molar-refractivity contribution in [2.24, 2.45) is 5.92 Å². The lowest BCUT2D eigenvalue weighted by Gasteiger charge is -2.30. The van der Waals surface area contributed by atoms with Crippen molar-refractivity contribution in [1.29, 1.82) is 0 Å². The molecule has 5 heterocycles. The molecule has 0 aliphatic carbocycles. The average Bonchev–Trinajstić information content (AvgIpc) is 3.21. The van der Waals surface area contributed by atoms with Gasteiger partial charge in [0.2, 0.25) is 0 Å². The maximum Gasteiger partial charge on any atom is 0.159 e. The molecule has 0 radical (unpaired) electrons. The Labute approximate surface area is 163 Å². The molecule has 2 aliphatic rings. The first-order valence-electron chi connectivity index (χ1n) is 9.98. The van der Waals surface area contributed by atoms with Gasteiger partial charge in [0.05, 0.1) is 26.0 Å². The first-order valence-corrected chi connectivity index (χ1v) is 9.98. The zero-order chi connectivity index (χ0) is 18.9. The number of rotatable bonds is 5. The second kappa shape index (κ2) is 7.57. The van der Waals surface area contributed by atoms with Crippen LogP contribution in [-0.4, -0.2) is 78.1 Å². The van der Waals surface area contributed by atoms with Gasteiger partial charge in [-0.15, -0.1) is 0 Å². The zero-order valence-electron chi connectivity index (χ0n) is 16.2. The van der Waals surface area contributed by atoms with Gasteiger partial charge in [0.15, 0.2) is 5.65 Å². The van der Waals surface area contributed by atoms with Gasteiger partial charge in [-0.3, -0.25) is 9.80 Å². The van der Waals surface area contributed by atoms with Gasteiger partial charge < -0.3 is 4.74 Å². The molecule has 3 aromatic rings. The lowest BCUT2D eigenvalue weighted by atomic mass is 10.1. The van der Waals surface area contributed by atoms with Crippen molar-refractivity contribution in [2.45, 2.75) is 32.6 Å². The van der Waals surface area contributed by atoms with Crippen LogP contribution in [0.1, 0.15) is 18.3 Å². The third-order valence-electron chi connectivity index (χ3n) is 5.74. The maximum atomic E-state index is 5.99. The quantitative estimate of drug-likeness (QED) is 0.642. The molecule has 0 aromatic carbocycles. The molecule has 5 rings (SSSR count). The van der Waals surface area contributed by atoms with Gasteiger partial charge in [0.1, 0.15) is 12.2 Å². The normalized spacial score (nSPS) is 23.9. The first kappa shape index (κ1) is 17.7. The molecule has 2 atom stereocenters. The van der Waals surface area contributed by atoms with Crippen molar-refractivity contribution in [2.75, 3.05) is 32.8 Å². The SMILES string of the molecule is CCn1ncnc1CN1C[C@@H]2COC[C@H](C1)N(Cc1cnn3cccnc13)C2. The van der Waals surface area contributed by atoms with Gasteiger partial charge in [-0.1, -0.05) is 0 Å². The third kappa shape index (κ3) is 3.41. The van der Waals surface area contributed by atoms with E-state index >= 15 is 0 Å². The van der Waals surface area contributed by atoms with Crippen LogP contribution in [-0.2, 0) is 24.4 Å². The van der Waals surface area contributed by atoms with Crippen LogP contribution >= 0.6 is 0 Å². The molecule has 0 amide bonds. The smallest absolute Gasteiger partial charge is 0.159 e. The Morgan fingerprint density at radius 1 is 1.11 bits per heavy atom. The van der Waals surface area contributed by atoms with Gasteiger partial charge in [-0.2, -0.15) is 10.2 Å². The lowest BCUT2D eigenvalue weighted by Crippen LogP contribution is -2.43. The highest BCUT2D eigenvalue weighted by molar-refractivity contribution is 5.45. The molecule has 9 heteroatoms. The predicted octanol–water partition coefficient (Wildman–Crippen LogP) is 0.674. The summed E-state index contributed by atoms with van der Waals surface area (Å²) in [6, 6.07) is 2.26. The highest BCUT2D eigenvalue weighted by Gasteiger charge is 2.34. The summed E-state index contributed by atoms with van der Waals surface area (Å²) >= 11 is 0. The number of hydrogen-bond donors (Lipinski definition) is 0. The number of ether oxygens (including phenoxy) is 1. The fourth-order valence-corrected chi connectivity index (χ4v) is 4.43. The minimum Gasteiger partial charge on any atom is -0.379 e. The summed E-state index contributed by atoms with van der Waals surface area (Å²) in [4.78, 5) is 14.0. The van der Waals surface area contributed by atoms with Crippen molar-refractivity contribution in [3.8, 4) is 0 Å². The van der Waals surface area contributed by atoms with E-state index in [1.807, 2.05) is 33.9 Å². The molecule has 0 spiro atoms. The van der Waals surface area contributed by atoms with Crippen LogP contribution in [0.2, 0.25) is 0 Å². The van der Waals surface area contributed by atoms with Crippen LogP contribution in [0.25, 0.3) is 5.65 Å². The Morgan fingerprint density at radius 3 is 3.00 bits per heavy atom. The molecule has 28 heavy (non-hydrogen) atoms. The van der Waals surface area contributed by atoms with Crippen molar-refractivity contribution in [3.63, 3.8) is 0 Å². The van der Waals surface area contributed by atoms with E-state index in [4.69, 9.17) is 4.74 Å². The van der Waals surface area contributed by atoms with Gasteiger partial charge in [-0.05, 0) is 13.0 Å². The molecule has 2 bridgehead atoms. The van der Waals surface area contributed by atoms with Crippen molar-refractivity contribution < 1.29 is 4.74 Å². The summed E-state index contributed by atoms with van der Waals surface area (Å²) in [5, 5.41) is 8.76. The van der Waals surface area contributed by atoms with Crippen molar-refractivity contribution in [3.05, 3.63) is 42.4 Å². The van der Waals surface area contributed by atoms with Crippen LogP contribution in [0.5, 0.6) is 0 Å². The van der Waals surface area contributed by atoms with E-state index in [1.54, 1.807) is 6.33 Å². The summed E-state index contributed by atoms with van der Waals surface area (Å²) in [7, 11) is 0. The van der Waals surface area contributed by atoms with E-state index in [-0.39, 0.29) is 0 Å². The fourth-order valence-electron chi connectivity index (χ4n) is 4.43. The van der Waals surface area contributed by atoms with Crippen LogP contribution in [0.15, 0.2) is 31.0 Å². The molecule has 0 saturated carbocycles. The Bertz CT molecular complexity index is 937. The van der Waals surface area contributed by atoms with Gasteiger partial charge in [0.25, 0.3) is 0 Å². The van der Waals surface area contributed by atoms with Gasteiger partial charge in [0, 0.05) is 62.6 Å². The lowest BCUT2D eigenvalue weighted by molar-refractivity contribution is 0.0460. The van der Waals surface area contributed by atoms with Crippen LogP contribution < -0.4 is 0 Å². The molecule has 9 nitrogen and oxygen atoms in total. The van der Waals surface area contributed by atoms with Gasteiger partial charge in [-0.25, -0.2) is 19.2 Å². The standard InChI is InChI=1S/C19H26N8O/c1-2-26-18(21-14-23-26)11-24-7-15-8-25(17(10-24)13-28-12-15)9-16-6-22-27-5-3-4-20-19(16)27/h3-6,14-15,17H,2,7-13H2,1H3/t15-,17-/m0/s1. The molecule has 3 aromatic heterocycles. The zero-order valence-corrected chi connectivity index (χ0v) is 16.2. The number of aromatic nitrogens is 6. The van der Waals surface area contributed by atoms with E-state index in [0.717, 1.165) is 64.0 Å². The number of aryl methyl sites for hydroxylation is 1.